The van der Waals surface area contributed by atoms with Gasteiger partial charge in [0.25, 0.3) is 0 Å². The van der Waals surface area contributed by atoms with Gasteiger partial charge in [0.15, 0.2) is 16.3 Å². The number of hydrogen-bond donors (Lipinski definition) is 1. The van der Waals surface area contributed by atoms with Crippen LogP contribution in [-0.2, 0) is 20.0 Å². The number of aryl methyl sites for hydroxylation is 3. The van der Waals surface area contributed by atoms with E-state index in [1.807, 2.05) is 22.4 Å². The van der Waals surface area contributed by atoms with Crippen LogP contribution < -0.4 is 4.74 Å². The molecule has 1 aromatic carbocycles. The number of benzene rings is 1. The van der Waals surface area contributed by atoms with Crippen molar-refractivity contribution < 1.29 is 9.13 Å². The quantitative estimate of drug-likeness (QED) is 0.754. The third-order valence-corrected chi connectivity index (χ3v) is 3.88. The molecule has 2 heterocycles. The lowest BCUT2D eigenvalue weighted by Gasteiger charge is -2.07. The summed E-state index contributed by atoms with van der Waals surface area (Å²) >= 11 is 5.33. The number of methoxy groups -OCH3 is 1. The fourth-order valence-electron chi connectivity index (χ4n) is 2.41. The van der Waals surface area contributed by atoms with E-state index in [0.29, 0.717) is 16.8 Å². The van der Waals surface area contributed by atoms with Crippen molar-refractivity contribution >= 4 is 23.3 Å². The summed E-state index contributed by atoms with van der Waals surface area (Å²) in [4.78, 5) is 3.02. The highest BCUT2D eigenvalue weighted by atomic mass is 32.1. The first-order valence-electron chi connectivity index (χ1n) is 6.53. The summed E-state index contributed by atoms with van der Waals surface area (Å²) in [5, 5.41) is 4.14. The Balaban J connectivity index is 1.99. The van der Waals surface area contributed by atoms with E-state index < -0.39 is 5.82 Å². The van der Waals surface area contributed by atoms with Gasteiger partial charge in [0, 0.05) is 44.0 Å². The number of H-pyrrole nitrogens is 1. The molecular weight excluding hydrogens is 291 g/mol. The number of aromatic nitrogens is 4. The van der Waals surface area contributed by atoms with Crippen molar-refractivity contribution in [2.45, 2.75) is 13.0 Å². The molecule has 0 aliphatic rings. The molecule has 0 unspecified atom stereocenters. The highest BCUT2D eigenvalue weighted by molar-refractivity contribution is 7.71. The Morgan fingerprint density at radius 2 is 2.24 bits per heavy atom. The van der Waals surface area contributed by atoms with Gasteiger partial charge in [0.2, 0.25) is 0 Å². The molecule has 0 atom stereocenters. The maximum absolute atomic E-state index is 13.7. The van der Waals surface area contributed by atoms with Crippen molar-refractivity contribution in [3.63, 3.8) is 0 Å². The molecule has 0 fully saturated rings. The molecular formula is C14H15FN4OS. The van der Waals surface area contributed by atoms with Gasteiger partial charge < -0.3 is 14.3 Å². The molecule has 0 saturated heterocycles. The number of imidazole rings is 1. The summed E-state index contributed by atoms with van der Waals surface area (Å²) in [5.74, 6) is -0.189. The number of ether oxygens (including phenoxy) is 1. The van der Waals surface area contributed by atoms with Gasteiger partial charge in [-0.25, -0.2) is 4.39 Å². The highest BCUT2D eigenvalue weighted by Crippen LogP contribution is 2.24. The predicted octanol–water partition coefficient (Wildman–Crippen LogP) is 2.82. The first-order chi connectivity index (χ1) is 10.1. The lowest BCUT2D eigenvalue weighted by molar-refractivity contribution is 0.387. The monoisotopic (exact) mass is 306 g/mol. The molecule has 0 bridgehead atoms. The van der Waals surface area contributed by atoms with Gasteiger partial charge in [-0.3, -0.25) is 4.68 Å². The van der Waals surface area contributed by atoms with E-state index in [2.05, 4.69) is 10.1 Å². The van der Waals surface area contributed by atoms with Gasteiger partial charge >= 0.3 is 0 Å². The van der Waals surface area contributed by atoms with Crippen molar-refractivity contribution in [3.8, 4) is 5.75 Å². The van der Waals surface area contributed by atoms with Gasteiger partial charge in [0.1, 0.15) is 0 Å². The molecule has 5 nitrogen and oxygen atoms in total. The molecule has 0 amide bonds. The van der Waals surface area contributed by atoms with Crippen LogP contribution >= 0.6 is 12.2 Å². The van der Waals surface area contributed by atoms with E-state index in [1.54, 1.807) is 12.3 Å². The molecule has 0 aliphatic carbocycles. The summed E-state index contributed by atoms with van der Waals surface area (Å²) in [6.07, 6.45) is 2.56. The maximum atomic E-state index is 13.7. The third-order valence-electron chi connectivity index (χ3n) is 3.56. The zero-order valence-corrected chi connectivity index (χ0v) is 12.6. The largest absolute Gasteiger partial charge is 0.494 e. The number of hydrogen-bond acceptors (Lipinski definition) is 3. The van der Waals surface area contributed by atoms with Crippen LogP contribution in [0.5, 0.6) is 5.75 Å². The topological polar surface area (TPSA) is 47.8 Å². The molecule has 2 aromatic heterocycles. The van der Waals surface area contributed by atoms with Crippen molar-refractivity contribution in [1.29, 1.82) is 0 Å². The van der Waals surface area contributed by atoms with Crippen molar-refractivity contribution in [1.82, 2.24) is 19.3 Å². The summed E-state index contributed by atoms with van der Waals surface area (Å²) in [7, 11) is 3.35. The molecule has 1 N–H and O–H groups in total. The Kier molecular flexibility index (Phi) is 3.50. The molecule has 0 spiro atoms. The molecule has 0 saturated carbocycles. The average Bonchev–Trinajstić information content (AvgIpc) is 2.98. The number of halogens is 1. The van der Waals surface area contributed by atoms with Crippen LogP contribution in [0, 0.1) is 10.6 Å². The number of nitrogens with zero attached hydrogens (tertiary/aromatic N) is 3. The average molecular weight is 306 g/mol. The third kappa shape index (κ3) is 2.44. The van der Waals surface area contributed by atoms with Gasteiger partial charge in [0.05, 0.1) is 18.1 Å². The second kappa shape index (κ2) is 5.33. The van der Waals surface area contributed by atoms with E-state index in [-0.39, 0.29) is 5.75 Å². The van der Waals surface area contributed by atoms with Crippen LogP contribution in [0.25, 0.3) is 11.0 Å². The lowest BCUT2D eigenvalue weighted by Crippen LogP contribution is -2.05. The first kappa shape index (κ1) is 13.8. The van der Waals surface area contributed by atoms with Crippen LogP contribution in [0.1, 0.15) is 5.69 Å². The van der Waals surface area contributed by atoms with Crippen molar-refractivity contribution in [3.05, 3.63) is 40.7 Å². The van der Waals surface area contributed by atoms with E-state index in [0.717, 1.165) is 17.6 Å². The zero-order valence-electron chi connectivity index (χ0n) is 11.8. The van der Waals surface area contributed by atoms with Gasteiger partial charge in [-0.1, -0.05) is 0 Å². The minimum absolute atomic E-state index is 0.214. The van der Waals surface area contributed by atoms with E-state index in [4.69, 9.17) is 17.0 Å². The normalized spacial score (nSPS) is 11.2. The van der Waals surface area contributed by atoms with Gasteiger partial charge in [-0.05, 0) is 18.3 Å². The summed E-state index contributed by atoms with van der Waals surface area (Å²) in [6, 6.07) is 5.05. The Labute approximate surface area is 126 Å². The highest BCUT2D eigenvalue weighted by Gasteiger charge is 2.11. The molecule has 0 radical (unpaired) electrons. The van der Waals surface area contributed by atoms with Crippen LogP contribution in [0.2, 0.25) is 0 Å². The lowest BCUT2D eigenvalue weighted by atomic mass is 10.2. The maximum Gasteiger partial charge on any atom is 0.178 e. The van der Waals surface area contributed by atoms with Crippen LogP contribution in [0.4, 0.5) is 4.39 Å². The number of fused-ring (bicyclic) bond motifs is 1. The number of nitrogens with one attached hydrogen (secondary N) is 1. The summed E-state index contributed by atoms with van der Waals surface area (Å²) < 4.78 is 23.1. The number of rotatable bonds is 4. The van der Waals surface area contributed by atoms with Gasteiger partial charge in [-0.15, -0.1) is 0 Å². The molecule has 3 aromatic rings. The minimum Gasteiger partial charge on any atom is -0.494 e. The fourth-order valence-corrected chi connectivity index (χ4v) is 2.71. The fraction of sp³-hybridized carbons (Fsp3) is 0.286. The smallest absolute Gasteiger partial charge is 0.178 e. The van der Waals surface area contributed by atoms with E-state index in [1.165, 1.54) is 13.2 Å². The van der Waals surface area contributed by atoms with Crippen LogP contribution in [0.15, 0.2) is 24.4 Å². The Bertz CT molecular complexity index is 848. The Hall–Kier alpha value is -2.15. The minimum atomic E-state index is -0.403. The van der Waals surface area contributed by atoms with Crippen molar-refractivity contribution in [2.24, 2.45) is 7.05 Å². The Morgan fingerprint density at radius 1 is 1.43 bits per heavy atom. The molecule has 7 heteroatoms. The van der Waals surface area contributed by atoms with Crippen LogP contribution in [0.3, 0.4) is 0 Å². The molecule has 0 aliphatic heterocycles. The summed E-state index contributed by atoms with van der Waals surface area (Å²) in [5.41, 5.74) is 2.61. The first-order valence-corrected chi connectivity index (χ1v) is 6.94. The molecule has 21 heavy (non-hydrogen) atoms. The second-order valence-electron chi connectivity index (χ2n) is 4.78. The summed E-state index contributed by atoms with van der Waals surface area (Å²) in [6.45, 7) is 0.688. The SMILES string of the molecule is COc1cc2c(cc1F)[nH]c(=S)n2CCc1ccnn1C. The van der Waals surface area contributed by atoms with Gasteiger partial charge in [-0.2, -0.15) is 5.10 Å². The van der Waals surface area contributed by atoms with Crippen molar-refractivity contribution in [2.75, 3.05) is 7.11 Å². The zero-order chi connectivity index (χ0) is 15.0. The molecule has 3 rings (SSSR count). The standard InChI is InChI=1S/C14H15FN4OS/c1-18-9(3-5-16-18)4-6-19-12-8-13(20-2)10(15)7-11(12)17-14(19)21/h3,5,7-8H,4,6H2,1-2H3,(H,17,21). The molecule has 110 valence electrons. The number of aromatic amines is 1. The van der Waals surface area contributed by atoms with E-state index in [9.17, 15) is 4.39 Å². The second-order valence-corrected chi connectivity index (χ2v) is 5.17. The van der Waals surface area contributed by atoms with E-state index >= 15 is 0 Å². The van der Waals surface area contributed by atoms with Crippen LogP contribution in [-0.4, -0.2) is 26.4 Å². The predicted molar refractivity (Wildman–Crippen MR) is 80.5 cm³/mol. The Morgan fingerprint density at radius 3 is 2.90 bits per heavy atom.